The van der Waals surface area contributed by atoms with Gasteiger partial charge in [0.1, 0.15) is 12.4 Å². The molecule has 4 aromatic carbocycles. The molecule has 5 rings (SSSR count). The zero-order chi connectivity index (χ0) is 27.9. The summed E-state index contributed by atoms with van der Waals surface area (Å²) < 4.78 is 6.65. The summed E-state index contributed by atoms with van der Waals surface area (Å²) in [6.45, 7) is 0.419. The highest BCUT2D eigenvalue weighted by Gasteiger charge is 2.09. The minimum Gasteiger partial charge on any atom is -0.488 e. The molecule has 1 aromatic heterocycles. The fraction of sp³-hybridized carbons (Fsp3) is 0.0333. The van der Waals surface area contributed by atoms with E-state index in [4.69, 9.17) is 27.9 Å². The summed E-state index contributed by atoms with van der Waals surface area (Å²) in [5, 5.41) is 11.5. The molecule has 6 nitrogen and oxygen atoms in total. The summed E-state index contributed by atoms with van der Waals surface area (Å²) in [5.41, 5.74) is 7.50. The molecule has 1 heterocycles. The summed E-state index contributed by atoms with van der Waals surface area (Å²) in [6.07, 6.45) is 1.57. The Morgan fingerprint density at radius 3 is 2.35 bits per heavy atom. The van der Waals surface area contributed by atoms with Gasteiger partial charge in [-0.15, -0.1) is 11.3 Å². The topological polar surface area (TPSA) is 75.6 Å². The zero-order valence-corrected chi connectivity index (χ0v) is 24.7. The van der Waals surface area contributed by atoms with Crippen molar-refractivity contribution in [2.75, 3.05) is 5.32 Å². The van der Waals surface area contributed by atoms with Gasteiger partial charge in [-0.3, -0.25) is 4.79 Å². The number of hydrogen-bond donors (Lipinski definition) is 2. The molecule has 0 saturated heterocycles. The van der Waals surface area contributed by atoms with Crippen LogP contribution in [0.25, 0.3) is 11.3 Å². The molecule has 5 aromatic rings. The first-order chi connectivity index (χ1) is 19.4. The quantitative estimate of drug-likeness (QED) is 0.123. The molecular weight excluding hydrogens is 631 g/mol. The summed E-state index contributed by atoms with van der Waals surface area (Å²) in [4.78, 5) is 17.2. The van der Waals surface area contributed by atoms with Crippen molar-refractivity contribution in [1.29, 1.82) is 0 Å². The van der Waals surface area contributed by atoms with E-state index in [2.05, 4.69) is 36.8 Å². The van der Waals surface area contributed by atoms with Crippen LogP contribution in [-0.4, -0.2) is 17.1 Å². The van der Waals surface area contributed by atoms with Crippen molar-refractivity contribution in [2.24, 2.45) is 5.10 Å². The Morgan fingerprint density at radius 2 is 1.65 bits per heavy atom. The summed E-state index contributed by atoms with van der Waals surface area (Å²) in [7, 11) is 0. The number of anilines is 2. The van der Waals surface area contributed by atoms with Crippen molar-refractivity contribution in [1.82, 2.24) is 10.4 Å². The van der Waals surface area contributed by atoms with Gasteiger partial charge in [-0.2, -0.15) is 5.10 Å². The average Bonchev–Trinajstić information content (AvgIpc) is 3.43. The number of aromatic nitrogens is 1. The molecule has 1 amide bonds. The number of ether oxygens (including phenoxy) is 1. The second-order valence-corrected chi connectivity index (χ2v) is 11.1. The van der Waals surface area contributed by atoms with Crippen LogP contribution in [-0.2, 0) is 6.61 Å². The second-order valence-electron chi connectivity index (χ2n) is 8.55. The van der Waals surface area contributed by atoms with E-state index in [9.17, 15) is 4.79 Å². The van der Waals surface area contributed by atoms with Crippen molar-refractivity contribution < 1.29 is 9.53 Å². The van der Waals surface area contributed by atoms with E-state index in [1.165, 1.54) is 11.3 Å². The number of nitrogens with one attached hydrogen (secondary N) is 2. The van der Waals surface area contributed by atoms with Crippen LogP contribution in [0.1, 0.15) is 21.5 Å². The Labute approximate surface area is 253 Å². The third-order valence-corrected chi connectivity index (χ3v) is 7.57. The zero-order valence-electron chi connectivity index (χ0n) is 20.8. The summed E-state index contributed by atoms with van der Waals surface area (Å²) >= 11 is 16.9. The number of halogens is 3. The lowest BCUT2D eigenvalue weighted by atomic mass is 10.1. The van der Waals surface area contributed by atoms with Gasteiger partial charge in [0, 0.05) is 32.2 Å². The van der Waals surface area contributed by atoms with Gasteiger partial charge in [0.25, 0.3) is 5.91 Å². The average molecular weight is 652 g/mol. The first kappa shape index (κ1) is 27.9. The molecule has 0 saturated carbocycles. The second kappa shape index (κ2) is 13.1. The monoisotopic (exact) mass is 650 g/mol. The van der Waals surface area contributed by atoms with Gasteiger partial charge in [-0.1, -0.05) is 47.5 Å². The lowest BCUT2D eigenvalue weighted by Crippen LogP contribution is -2.17. The fourth-order valence-electron chi connectivity index (χ4n) is 3.60. The van der Waals surface area contributed by atoms with Crippen molar-refractivity contribution in [3.8, 4) is 17.0 Å². The highest BCUT2D eigenvalue weighted by molar-refractivity contribution is 9.10. The van der Waals surface area contributed by atoms with Gasteiger partial charge < -0.3 is 10.1 Å². The maximum Gasteiger partial charge on any atom is 0.271 e. The number of amides is 1. The number of carbonyl (C=O) groups is 1. The van der Waals surface area contributed by atoms with Crippen LogP contribution in [0.15, 0.2) is 106 Å². The molecule has 0 aliphatic heterocycles. The van der Waals surface area contributed by atoms with Crippen LogP contribution >= 0.6 is 50.5 Å². The third-order valence-electron chi connectivity index (χ3n) is 5.69. The molecule has 0 atom stereocenters. The highest BCUT2D eigenvalue weighted by Crippen LogP contribution is 2.28. The molecule has 0 unspecified atom stereocenters. The molecule has 10 heteroatoms. The predicted octanol–water partition coefficient (Wildman–Crippen LogP) is 8.97. The number of carbonyl (C=O) groups excluding carboxylic acids is 1. The van der Waals surface area contributed by atoms with Crippen LogP contribution in [0, 0.1) is 0 Å². The van der Waals surface area contributed by atoms with Gasteiger partial charge in [-0.05, 0) is 93.8 Å². The van der Waals surface area contributed by atoms with E-state index < -0.39 is 0 Å². The number of hydrazone groups is 1. The Balaban J connectivity index is 1.14. The lowest BCUT2D eigenvalue weighted by Gasteiger charge is -2.09. The van der Waals surface area contributed by atoms with Crippen molar-refractivity contribution in [3.05, 3.63) is 128 Å². The Kier molecular flexibility index (Phi) is 9.13. The number of benzene rings is 4. The van der Waals surface area contributed by atoms with E-state index in [-0.39, 0.29) is 5.91 Å². The molecular formula is C30H21BrCl2N4O2S. The Bertz CT molecular complexity index is 1640. The van der Waals surface area contributed by atoms with Crippen LogP contribution < -0.4 is 15.5 Å². The molecule has 0 aliphatic rings. The van der Waals surface area contributed by atoms with Crippen molar-refractivity contribution in [3.63, 3.8) is 0 Å². The number of nitrogens with zero attached hydrogens (tertiary/aromatic N) is 2. The summed E-state index contributed by atoms with van der Waals surface area (Å²) in [5.74, 6) is 0.386. The molecule has 0 spiro atoms. The van der Waals surface area contributed by atoms with Crippen molar-refractivity contribution in [2.45, 2.75) is 6.61 Å². The number of rotatable bonds is 9. The van der Waals surface area contributed by atoms with Crippen molar-refractivity contribution >= 4 is 73.4 Å². The first-order valence-electron chi connectivity index (χ1n) is 12.0. The first-order valence-corrected chi connectivity index (χ1v) is 14.4. The van der Waals surface area contributed by atoms with Crippen LogP contribution in [0.4, 0.5) is 10.8 Å². The van der Waals surface area contributed by atoms with E-state index in [0.717, 1.165) is 37.7 Å². The maximum absolute atomic E-state index is 12.6. The van der Waals surface area contributed by atoms with Gasteiger partial charge in [-0.25, -0.2) is 10.4 Å². The van der Waals surface area contributed by atoms with E-state index in [1.54, 1.807) is 18.3 Å². The molecule has 0 aliphatic carbocycles. The van der Waals surface area contributed by atoms with Crippen LogP contribution in [0.5, 0.6) is 5.75 Å². The third kappa shape index (κ3) is 7.49. The summed E-state index contributed by atoms with van der Waals surface area (Å²) in [6, 6.07) is 27.7. The van der Waals surface area contributed by atoms with Crippen LogP contribution in [0.3, 0.4) is 0 Å². The number of hydrogen-bond acceptors (Lipinski definition) is 6. The smallest absolute Gasteiger partial charge is 0.271 e. The van der Waals surface area contributed by atoms with Gasteiger partial charge in [0.2, 0.25) is 0 Å². The van der Waals surface area contributed by atoms with E-state index in [1.807, 2.05) is 84.2 Å². The van der Waals surface area contributed by atoms with Crippen LogP contribution in [0.2, 0.25) is 10.0 Å². The Hall–Kier alpha value is -3.69. The molecule has 0 radical (unpaired) electrons. The molecule has 40 heavy (non-hydrogen) atoms. The van der Waals surface area contributed by atoms with Gasteiger partial charge >= 0.3 is 0 Å². The predicted molar refractivity (Wildman–Crippen MR) is 167 cm³/mol. The lowest BCUT2D eigenvalue weighted by molar-refractivity contribution is 0.0955. The molecule has 0 bridgehead atoms. The van der Waals surface area contributed by atoms with E-state index in [0.29, 0.717) is 28.0 Å². The largest absolute Gasteiger partial charge is 0.488 e. The minimum atomic E-state index is -0.312. The van der Waals surface area contributed by atoms with Gasteiger partial charge in [0.05, 0.1) is 16.4 Å². The van der Waals surface area contributed by atoms with E-state index >= 15 is 0 Å². The molecule has 200 valence electrons. The highest BCUT2D eigenvalue weighted by atomic mass is 79.9. The van der Waals surface area contributed by atoms with Gasteiger partial charge in [0.15, 0.2) is 5.13 Å². The maximum atomic E-state index is 12.6. The molecule has 0 fully saturated rings. The minimum absolute atomic E-state index is 0.312. The normalized spacial score (nSPS) is 11.0. The number of thiazole rings is 1. The SMILES string of the molecule is O=C(N/N=C\c1ccc(OCc2ccc(Cl)cc2)c(Br)c1)c1ccc(-c2csc(Nc3ccc(Cl)cc3)n2)cc1. The Morgan fingerprint density at radius 1 is 0.950 bits per heavy atom. The standard InChI is InChI=1S/C30H21BrCl2N4O2S/c31-26-15-20(3-14-28(26)39-17-19-1-8-23(32)9-2-19)16-34-37-29(38)22-6-4-21(5-7-22)27-18-40-30(36-27)35-25-12-10-24(33)11-13-25/h1-16,18H,17H2,(H,35,36)(H,37,38)/b34-16-. The molecule has 2 N–H and O–H groups in total. The fourth-order valence-corrected chi connectivity index (χ4v) is 5.10.